The van der Waals surface area contributed by atoms with Gasteiger partial charge < -0.3 is 10.6 Å². The quantitative estimate of drug-likeness (QED) is 0.833. The number of hydrogen-bond acceptors (Lipinski definition) is 4. The van der Waals surface area contributed by atoms with E-state index >= 15 is 0 Å². The zero-order chi connectivity index (χ0) is 15.9. The van der Waals surface area contributed by atoms with Gasteiger partial charge in [0.15, 0.2) is 5.13 Å². The zero-order valence-corrected chi connectivity index (χ0v) is 13.2. The van der Waals surface area contributed by atoms with Crippen molar-refractivity contribution >= 4 is 34.4 Å². The lowest BCUT2D eigenvalue weighted by Crippen LogP contribution is -2.40. The van der Waals surface area contributed by atoms with Gasteiger partial charge in [-0.3, -0.25) is 9.59 Å². The van der Waals surface area contributed by atoms with Crippen molar-refractivity contribution in [2.45, 2.75) is 19.9 Å². The van der Waals surface area contributed by atoms with E-state index in [4.69, 9.17) is 0 Å². The first-order chi connectivity index (χ1) is 10.5. The average molecular weight is 315 g/mol. The van der Waals surface area contributed by atoms with Gasteiger partial charge in [0, 0.05) is 11.5 Å². The van der Waals surface area contributed by atoms with Crippen LogP contribution in [0.25, 0.3) is 6.08 Å². The van der Waals surface area contributed by atoms with E-state index in [1.165, 1.54) is 17.4 Å². The van der Waals surface area contributed by atoms with Gasteiger partial charge in [-0.05, 0) is 25.5 Å². The molecule has 1 unspecified atom stereocenters. The van der Waals surface area contributed by atoms with E-state index in [9.17, 15) is 9.59 Å². The number of aromatic nitrogens is 1. The summed E-state index contributed by atoms with van der Waals surface area (Å²) in [6.07, 6.45) is 3.11. The fourth-order valence-electron chi connectivity index (χ4n) is 1.69. The van der Waals surface area contributed by atoms with Gasteiger partial charge in [0.05, 0.1) is 5.69 Å². The largest absolute Gasteiger partial charge is 0.341 e. The molecule has 114 valence electrons. The third-order valence-corrected chi connectivity index (χ3v) is 3.70. The molecule has 0 spiro atoms. The van der Waals surface area contributed by atoms with Gasteiger partial charge in [0.25, 0.3) is 0 Å². The number of nitrogens with zero attached hydrogens (tertiary/aromatic N) is 1. The fourth-order valence-corrected chi connectivity index (χ4v) is 2.38. The van der Waals surface area contributed by atoms with Crippen LogP contribution in [0, 0.1) is 6.92 Å². The van der Waals surface area contributed by atoms with Crippen LogP contribution in [0.4, 0.5) is 5.13 Å². The Morgan fingerprint density at radius 1 is 1.27 bits per heavy atom. The van der Waals surface area contributed by atoms with Gasteiger partial charge in [0.2, 0.25) is 11.8 Å². The molecule has 0 radical (unpaired) electrons. The number of hydrogen-bond donors (Lipinski definition) is 2. The van der Waals surface area contributed by atoms with Gasteiger partial charge in [-0.25, -0.2) is 4.98 Å². The molecule has 1 atom stereocenters. The number of thiazole rings is 1. The van der Waals surface area contributed by atoms with Crippen molar-refractivity contribution in [3.05, 3.63) is 53.0 Å². The number of benzene rings is 1. The van der Waals surface area contributed by atoms with E-state index in [0.717, 1.165) is 11.3 Å². The van der Waals surface area contributed by atoms with Crippen LogP contribution < -0.4 is 10.6 Å². The minimum Gasteiger partial charge on any atom is -0.341 e. The second-order valence-electron chi connectivity index (χ2n) is 4.76. The molecule has 1 heterocycles. The highest BCUT2D eigenvalue weighted by atomic mass is 32.1. The Labute approximate surface area is 133 Å². The third-order valence-electron chi connectivity index (χ3n) is 2.83. The number of carbonyl (C=O) groups is 2. The molecule has 2 rings (SSSR count). The molecule has 1 aromatic heterocycles. The molecule has 2 aromatic rings. The first kappa shape index (κ1) is 15.9. The zero-order valence-electron chi connectivity index (χ0n) is 12.4. The molecule has 0 bridgehead atoms. The van der Waals surface area contributed by atoms with Crippen LogP contribution in [0.1, 0.15) is 18.2 Å². The first-order valence-corrected chi connectivity index (χ1v) is 7.69. The minimum atomic E-state index is -0.642. The topological polar surface area (TPSA) is 71.1 Å². The normalized spacial score (nSPS) is 12.1. The van der Waals surface area contributed by atoms with Crippen LogP contribution in [-0.2, 0) is 9.59 Å². The van der Waals surface area contributed by atoms with Crippen molar-refractivity contribution < 1.29 is 9.59 Å². The molecule has 0 fully saturated rings. The fraction of sp³-hybridized carbons (Fsp3) is 0.188. The summed E-state index contributed by atoms with van der Waals surface area (Å²) in [7, 11) is 0. The highest BCUT2D eigenvalue weighted by molar-refractivity contribution is 7.13. The molecule has 22 heavy (non-hydrogen) atoms. The second kappa shape index (κ2) is 7.51. The minimum absolute atomic E-state index is 0.296. The Morgan fingerprint density at radius 3 is 2.64 bits per heavy atom. The van der Waals surface area contributed by atoms with Crippen molar-refractivity contribution in [3.63, 3.8) is 0 Å². The number of carbonyl (C=O) groups excluding carboxylic acids is 2. The van der Waals surface area contributed by atoms with Crippen LogP contribution in [0.5, 0.6) is 0 Å². The monoisotopic (exact) mass is 315 g/mol. The Bertz CT molecular complexity index is 680. The molecule has 0 saturated carbocycles. The van der Waals surface area contributed by atoms with Crippen molar-refractivity contribution in [1.29, 1.82) is 0 Å². The Hall–Kier alpha value is -2.47. The van der Waals surface area contributed by atoms with Crippen molar-refractivity contribution in [3.8, 4) is 0 Å². The van der Waals surface area contributed by atoms with Crippen molar-refractivity contribution in [2.75, 3.05) is 5.32 Å². The third kappa shape index (κ3) is 4.82. The lowest BCUT2D eigenvalue weighted by atomic mass is 10.2. The first-order valence-electron chi connectivity index (χ1n) is 6.81. The van der Waals surface area contributed by atoms with E-state index in [0.29, 0.717) is 5.13 Å². The lowest BCUT2D eigenvalue weighted by Gasteiger charge is -2.11. The molecule has 0 aliphatic carbocycles. The summed E-state index contributed by atoms with van der Waals surface area (Å²) in [4.78, 5) is 27.9. The maximum atomic E-state index is 11.9. The molecule has 6 heteroatoms. The van der Waals surface area contributed by atoms with E-state index in [1.807, 2.05) is 42.6 Å². The highest BCUT2D eigenvalue weighted by Gasteiger charge is 2.15. The number of nitrogens with one attached hydrogen (secondary N) is 2. The Balaban J connectivity index is 1.85. The van der Waals surface area contributed by atoms with Crippen molar-refractivity contribution in [2.24, 2.45) is 0 Å². The summed E-state index contributed by atoms with van der Waals surface area (Å²) in [5.41, 5.74) is 1.77. The molecule has 1 aromatic carbocycles. The highest BCUT2D eigenvalue weighted by Crippen LogP contribution is 2.14. The Kier molecular flexibility index (Phi) is 5.43. The molecular weight excluding hydrogens is 298 g/mol. The second-order valence-corrected chi connectivity index (χ2v) is 5.62. The van der Waals surface area contributed by atoms with Gasteiger partial charge in [0.1, 0.15) is 6.04 Å². The smallest absolute Gasteiger partial charge is 0.248 e. The van der Waals surface area contributed by atoms with E-state index in [2.05, 4.69) is 15.6 Å². The van der Waals surface area contributed by atoms with Crippen LogP contribution in [0.2, 0.25) is 0 Å². The number of amides is 2. The summed E-state index contributed by atoms with van der Waals surface area (Å²) in [5.74, 6) is -0.613. The van der Waals surface area contributed by atoms with Crippen LogP contribution in [0.3, 0.4) is 0 Å². The summed E-state index contributed by atoms with van der Waals surface area (Å²) < 4.78 is 0. The van der Waals surface area contributed by atoms with Crippen LogP contribution >= 0.6 is 11.3 Å². The maximum Gasteiger partial charge on any atom is 0.248 e. The average Bonchev–Trinajstić information content (AvgIpc) is 2.91. The number of aryl methyl sites for hydroxylation is 1. The van der Waals surface area contributed by atoms with E-state index in [1.54, 1.807) is 13.0 Å². The van der Waals surface area contributed by atoms with Gasteiger partial charge >= 0.3 is 0 Å². The Morgan fingerprint density at radius 2 is 2.00 bits per heavy atom. The van der Waals surface area contributed by atoms with Gasteiger partial charge in [-0.15, -0.1) is 11.3 Å². The molecule has 0 aliphatic rings. The van der Waals surface area contributed by atoms with Crippen LogP contribution in [0.15, 0.2) is 41.8 Å². The van der Waals surface area contributed by atoms with Gasteiger partial charge in [-0.1, -0.05) is 30.3 Å². The lowest BCUT2D eigenvalue weighted by molar-refractivity contribution is -0.123. The SMILES string of the molecule is Cc1csc(NC(=O)C(C)NC(=O)/C=C/c2ccccc2)n1. The van der Waals surface area contributed by atoms with E-state index < -0.39 is 6.04 Å². The summed E-state index contributed by atoms with van der Waals surface area (Å²) in [6.45, 7) is 3.48. The molecule has 0 aliphatic heterocycles. The van der Waals surface area contributed by atoms with E-state index in [-0.39, 0.29) is 11.8 Å². The molecule has 0 saturated heterocycles. The standard InChI is InChI=1S/C16H17N3O2S/c1-11-10-22-16(17-11)19-15(21)12(2)18-14(20)9-8-13-6-4-3-5-7-13/h3-10,12H,1-2H3,(H,18,20)(H,17,19,21)/b9-8+. The van der Waals surface area contributed by atoms with Crippen LogP contribution in [-0.4, -0.2) is 22.8 Å². The van der Waals surface area contributed by atoms with Crippen molar-refractivity contribution in [1.82, 2.24) is 10.3 Å². The van der Waals surface area contributed by atoms with Gasteiger partial charge in [-0.2, -0.15) is 0 Å². The molecular formula is C16H17N3O2S. The number of anilines is 1. The molecule has 2 N–H and O–H groups in total. The number of rotatable bonds is 5. The maximum absolute atomic E-state index is 11.9. The molecule has 5 nitrogen and oxygen atoms in total. The predicted molar refractivity (Wildman–Crippen MR) is 88.6 cm³/mol. The summed E-state index contributed by atoms with van der Waals surface area (Å²) >= 11 is 1.35. The summed E-state index contributed by atoms with van der Waals surface area (Å²) in [5, 5.41) is 7.67. The predicted octanol–water partition coefficient (Wildman–Crippen LogP) is 2.61. The molecule has 2 amide bonds. The summed E-state index contributed by atoms with van der Waals surface area (Å²) in [6, 6.07) is 8.84.